The fourth-order valence-corrected chi connectivity index (χ4v) is 5.28. The SMILES string of the molecule is O=C(COc1ccc2cc(Br)ccc2c1Br)NNC(=O)c1sc2ccccc2c1Cl. The van der Waals surface area contributed by atoms with Gasteiger partial charge in [0.05, 0.1) is 9.50 Å². The molecule has 0 unspecified atom stereocenters. The lowest BCUT2D eigenvalue weighted by Gasteiger charge is -2.11. The smallest absolute Gasteiger partial charge is 0.281 e. The largest absolute Gasteiger partial charge is 0.483 e. The first kappa shape index (κ1) is 21.1. The molecule has 0 saturated heterocycles. The Balaban J connectivity index is 1.37. The summed E-state index contributed by atoms with van der Waals surface area (Å²) in [5, 5.41) is 3.16. The van der Waals surface area contributed by atoms with E-state index in [9.17, 15) is 9.59 Å². The van der Waals surface area contributed by atoms with E-state index in [4.69, 9.17) is 16.3 Å². The van der Waals surface area contributed by atoms with Gasteiger partial charge in [-0.15, -0.1) is 11.3 Å². The maximum atomic E-state index is 12.4. The number of carbonyl (C=O) groups is 2. The summed E-state index contributed by atoms with van der Waals surface area (Å²) in [5.74, 6) is -0.450. The highest BCUT2D eigenvalue weighted by atomic mass is 79.9. The van der Waals surface area contributed by atoms with Gasteiger partial charge >= 0.3 is 0 Å². The lowest BCUT2D eigenvalue weighted by molar-refractivity contribution is -0.123. The third-order valence-corrected chi connectivity index (χ3v) is 7.28. The minimum atomic E-state index is -0.497. The number of ether oxygens (including phenoxy) is 1. The first-order chi connectivity index (χ1) is 14.4. The molecular formula is C21H13Br2ClN2O3S. The van der Waals surface area contributed by atoms with Crippen molar-refractivity contribution in [3.63, 3.8) is 0 Å². The van der Waals surface area contributed by atoms with Crippen LogP contribution in [0.2, 0.25) is 5.02 Å². The molecule has 0 aliphatic rings. The lowest BCUT2D eigenvalue weighted by atomic mass is 10.1. The van der Waals surface area contributed by atoms with Crippen molar-refractivity contribution in [2.75, 3.05) is 6.61 Å². The van der Waals surface area contributed by atoms with Crippen molar-refractivity contribution in [1.82, 2.24) is 10.9 Å². The van der Waals surface area contributed by atoms with Gasteiger partial charge in [0.2, 0.25) is 0 Å². The van der Waals surface area contributed by atoms with Crippen LogP contribution in [0, 0.1) is 0 Å². The van der Waals surface area contributed by atoms with E-state index in [2.05, 4.69) is 42.7 Å². The van der Waals surface area contributed by atoms with Crippen molar-refractivity contribution in [1.29, 1.82) is 0 Å². The van der Waals surface area contributed by atoms with Gasteiger partial charge in [-0.25, -0.2) is 0 Å². The molecule has 1 heterocycles. The second-order valence-electron chi connectivity index (χ2n) is 6.28. The summed E-state index contributed by atoms with van der Waals surface area (Å²) in [6, 6.07) is 17.0. The minimum Gasteiger partial charge on any atom is -0.483 e. The Morgan fingerprint density at radius 2 is 1.80 bits per heavy atom. The highest BCUT2D eigenvalue weighted by Gasteiger charge is 2.17. The molecule has 152 valence electrons. The summed E-state index contributed by atoms with van der Waals surface area (Å²) in [4.78, 5) is 24.9. The van der Waals surface area contributed by atoms with Crippen molar-refractivity contribution < 1.29 is 14.3 Å². The maximum Gasteiger partial charge on any atom is 0.281 e. The molecule has 0 atom stereocenters. The van der Waals surface area contributed by atoms with Crippen LogP contribution in [-0.4, -0.2) is 18.4 Å². The monoisotopic (exact) mass is 566 g/mol. The second kappa shape index (κ2) is 8.93. The molecular weight excluding hydrogens is 556 g/mol. The minimum absolute atomic E-state index is 0.263. The predicted molar refractivity (Wildman–Crippen MR) is 127 cm³/mol. The molecule has 2 amide bonds. The van der Waals surface area contributed by atoms with Gasteiger partial charge in [0.15, 0.2) is 6.61 Å². The Hall–Kier alpha value is -2.13. The highest BCUT2D eigenvalue weighted by molar-refractivity contribution is 9.11. The fourth-order valence-electron chi connectivity index (χ4n) is 2.88. The van der Waals surface area contributed by atoms with Gasteiger partial charge in [0.25, 0.3) is 11.8 Å². The van der Waals surface area contributed by atoms with Gasteiger partial charge < -0.3 is 4.74 Å². The maximum absolute atomic E-state index is 12.4. The molecule has 4 aromatic rings. The Bertz CT molecular complexity index is 1290. The molecule has 0 radical (unpaired) electrons. The number of rotatable bonds is 4. The van der Waals surface area contributed by atoms with E-state index in [0.29, 0.717) is 15.6 Å². The molecule has 1 aromatic heterocycles. The highest BCUT2D eigenvalue weighted by Crippen LogP contribution is 2.35. The van der Waals surface area contributed by atoms with Gasteiger partial charge in [-0.2, -0.15) is 0 Å². The summed E-state index contributed by atoms with van der Waals surface area (Å²) < 4.78 is 8.23. The number of carbonyl (C=O) groups excluding carboxylic acids is 2. The van der Waals surface area contributed by atoms with Crippen LogP contribution < -0.4 is 15.6 Å². The Labute approximate surface area is 197 Å². The topological polar surface area (TPSA) is 67.4 Å². The number of hydrogen-bond donors (Lipinski definition) is 2. The third-order valence-electron chi connectivity index (χ3n) is 4.30. The number of fused-ring (bicyclic) bond motifs is 2. The van der Waals surface area contributed by atoms with Crippen LogP contribution >= 0.6 is 54.8 Å². The normalized spacial score (nSPS) is 10.9. The average Bonchev–Trinajstić information content (AvgIpc) is 3.08. The van der Waals surface area contributed by atoms with E-state index in [-0.39, 0.29) is 6.61 Å². The third kappa shape index (κ3) is 4.32. The number of hydrazine groups is 1. The molecule has 5 nitrogen and oxygen atoms in total. The first-order valence-electron chi connectivity index (χ1n) is 8.71. The van der Waals surface area contributed by atoms with Crippen LogP contribution in [0.5, 0.6) is 5.75 Å². The van der Waals surface area contributed by atoms with Crippen LogP contribution in [0.15, 0.2) is 63.5 Å². The number of amides is 2. The molecule has 4 rings (SSSR count). The van der Waals surface area contributed by atoms with Gasteiger partial charge in [-0.05, 0) is 51.0 Å². The second-order valence-corrected chi connectivity index (χ2v) is 9.41. The molecule has 0 aliphatic carbocycles. The zero-order chi connectivity index (χ0) is 21.3. The number of nitrogens with one attached hydrogen (secondary N) is 2. The quantitative estimate of drug-likeness (QED) is 0.294. The van der Waals surface area contributed by atoms with Gasteiger partial charge in [0, 0.05) is 14.6 Å². The van der Waals surface area contributed by atoms with Crippen LogP contribution in [0.1, 0.15) is 9.67 Å². The predicted octanol–water partition coefficient (Wildman–Crippen LogP) is 6.07. The fraction of sp³-hybridized carbons (Fsp3) is 0.0476. The number of benzene rings is 3. The summed E-state index contributed by atoms with van der Waals surface area (Å²) in [6.45, 7) is -0.263. The van der Waals surface area contributed by atoms with Crippen molar-refractivity contribution >= 4 is 87.5 Å². The zero-order valence-electron chi connectivity index (χ0n) is 15.2. The van der Waals surface area contributed by atoms with Gasteiger partial charge in [-0.1, -0.05) is 57.9 Å². The van der Waals surface area contributed by atoms with E-state index in [0.717, 1.165) is 29.8 Å². The zero-order valence-corrected chi connectivity index (χ0v) is 19.9. The summed E-state index contributed by atoms with van der Waals surface area (Å²) in [5.41, 5.74) is 4.73. The lowest BCUT2D eigenvalue weighted by Crippen LogP contribution is -2.43. The molecule has 0 aliphatic heterocycles. The van der Waals surface area contributed by atoms with E-state index in [1.165, 1.54) is 11.3 Å². The van der Waals surface area contributed by atoms with Crippen molar-refractivity contribution in [3.8, 4) is 5.75 Å². The van der Waals surface area contributed by atoms with Crippen LogP contribution in [0.3, 0.4) is 0 Å². The van der Waals surface area contributed by atoms with E-state index in [1.807, 2.05) is 48.5 Å². The molecule has 9 heteroatoms. The van der Waals surface area contributed by atoms with Crippen LogP contribution in [0.4, 0.5) is 0 Å². The Kier molecular flexibility index (Phi) is 6.29. The van der Waals surface area contributed by atoms with Gasteiger partial charge in [0.1, 0.15) is 10.6 Å². The number of halogens is 3. The van der Waals surface area contributed by atoms with Crippen LogP contribution in [0.25, 0.3) is 20.9 Å². The molecule has 0 spiro atoms. The van der Waals surface area contributed by atoms with E-state index >= 15 is 0 Å². The van der Waals surface area contributed by atoms with Crippen molar-refractivity contribution in [2.24, 2.45) is 0 Å². The number of hydrogen-bond acceptors (Lipinski definition) is 4. The molecule has 3 aromatic carbocycles. The standard InChI is InChI=1S/C21H13Br2ClN2O3S/c22-12-6-7-13-11(9-12)5-8-15(18(13)23)29-10-17(27)25-26-21(28)20-19(24)14-3-1-2-4-16(14)30-20/h1-9H,10H2,(H,25,27)(H,26,28). The molecule has 0 fully saturated rings. The summed E-state index contributed by atoms with van der Waals surface area (Å²) in [7, 11) is 0. The van der Waals surface area contributed by atoms with Gasteiger partial charge in [-0.3, -0.25) is 20.4 Å². The van der Waals surface area contributed by atoms with Crippen molar-refractivity contribution in [2.45, 2.75) is 0 Å². The molecule has 0 saturated carbocycles. The van der Waals surface area contributed by atoms with Crippen molar-refractivity contribution in [3.05, 3.63) is 73.4 Å². The first-order valence-corrected chi connectivity index (χ1v) is 11.5. The summed E-state index contributed by atoms with van der Waals surface area (Å²) >= 11 is 14.5. The van der Waals surface area contributed by atoms with E-state index < -0.39 is 11.8 Å². The van der Waals surface area contributed by atoms with E-state index in [1.54, 1.807) is 6.07 Å². The Morgan fingerprint density at radius 1 is 1.00 bits per heavy atom. The molecule has 2 N–H and O–H groups in total. The average molecular weight is 569 g/mol. The number of thiophene rings is 1. The summed E-state index contributed by atoms with van der Waals surface area (Å²) in [6.07, 6.45) is 0. The molecule has 0 bridgehead atoms. The van der Waals surface area contributed by atoms with Crippen LogP contribution in [-0.2, 0) is 4.79 Å². The Morgan fingerprint density at radius 3 is 2.60 bits per heavy atom. The molecule has 30 heavy (non-hydrogen) atoms.